The zero-order valence-corrected chi connectivity index (χ0v) is 56.3. The number of rotatable bonds is 27. The van der Waals surface area contributed by atoms with Gasteiger partial charge in [-0.3, -0.25) is 24.0 Å². The van der Waals surface area contributed by atoms with Gasteiger partial charge in [0.25, 0.3) is 0 Å². The highest BCUT2D eigenvalue weighted by Gasteiger charge is 2.61. The van der Waals surface area contributed by atoms with E-state index >= 15 is 0 Å². The summed E-state index contributed by atoms with van der Waals surface area (Å²) in [7, 11) is 0. The average Bonchev–Trinajstić information content (AvgIpc) is 0.778. The number of carbonyl (C=O) groups excluding carboxylic acids is 5. The van der Waals surface area contributed by atoms with Crippen LogP contribution in [0.15, 0.2) is 0 Å². The molecular formula is C58H97N5O41. The number of carbonyl (C=O) groups is 5. The monoisotopic (exact) mass is 1520 g/mol. The van der Waals surface area contributed by atoms with Crippen molar-refractivity contribution in [3.63, 3.8) is 0 Å². The molecule has 2 unspecified atom stereocenters. The van der Waals surface area contributed by atoms with Gasteiger partial charge in [-0.1, -0.05) is 0 Å². The molecule has 0 aliphatic carbocycles. The van der Waals surface area contributed by atoms with Crippen molar-refractivity contribution in [2.75, 3.05) is 52.9 Å². The first-order valence-electron chi connectivity index (χ1n) is 33.1. The fraction of sp³-hybridized carbons (Fsp3) is 0.914. The molecule has 0 aromatic carbocycles. The van der Waals surface area contributed by atoms with E-state index in [0.717, 1.165) is 34.6 Å². The number of ether oxygens (including phenoxy) is 15. The van der Waals surface area contributed by atoms with Crippen LogP contribution in [0.1, 0.15) is 34.6 Å². The zero-order chi connectivity index (χ0) is 76.8. The number of aliphatic hydroxyl groups is 21. The molecule has 600 valence electrons. The van der Waals surface area contributed by atoms with Crippen LogP contribution in [0.3, 0.4) is 0 Å². The molecule has 0 aromatic heterocycles. The molecule has 0 aromatic rings. The molecule has 8 rings (SSSR count). The van der Waals surface area contributed by atoms with Crippen LogP contribution in [-0.2, 0) is 95.0 Å². The topological polar surface area (TPSA) is 709 Å². The van der Waals surface area contributed by atoms with E-state index in [4.69, 9.17) is 71.1 Å². The average molecular weight is 1520 g/mol. The van der Waals surface area contributed by atoms with Gasteiger partial charge in [0.1, 0.15) is 195 Å². The standard InChI is InChI=1S/C58H97N5O41/c1-14(71)59-27-40(84)45(24(11-69)91-51(27)89)99-55-31(63-18(5)75)41(85)46(25(12-70)97-55)100-56-44(88)48(102-58-50(43(87)36(80)23(10-68)96-58)104-54-30(62-17(4)74)39(83)34(78)21(8-66)94-54)47(101-52-28(60-15(2)72)37(81)32(76)19(6-64)92-52)26(98-56)13-90-57-49(42(86)35(79)22(9-67)95-57)103-53-29(61-16(3)73)38(82)33(77)20(7-65)93-53/h19-58,64-70,76-89H,6-13H2,1-5H3,(H,59,71)(H,60,72)(H,61,73)(H,62,74)(H,63,75)/t19-,20-,21-,22-,23-,24-,25-,26-,27-,28-,29-,30-,31-,32-,33-,34-,35-,36-,37-,38-,39-,40-,41-,42+,43+,44+,45-,46-,47-,48-,49+,50+,51-,52+,53?,54?,55+,56+,57+,58-/m1/s1. The lowest BCUT2D eigenvalue weighted by molar-refractivity contribution is -0.407. The molecule has 0 spiro atoms. The highest BCUT2D eigenvalue weighted by molar-refractivity contribution is 5.75. The lowest BCUT2D eigenvalue weighted by Gasteiger charge is -2.52. The minimum atomic E-state index is -2.65. The molecule has 8 saturated heterocycles. The van der Waals surface area contributed by atoms with Crippen molar-refractivity contribution in [3.05, 3.63) is 0 Å². The molecule has 40 atom stereocenters. The fourth-order valence-corrected chi connectivity index (χ4v) is 13.4. The number of amides is 5. The maximum Gasteiger partial charge on any atom is 0.217 e. The number of aliphatic hydroxyl groups excluding tert-OH is 21. The van der Waals surface area contributed by atoms with Crippen LogP contribution in [-0.4, -0.2) is 435 Å². The van der Waals surface area contributed by atoms with E-state index in [0.29, 0.717) is 0 Å². The maximum atomic E-state index is 13.1. The van der Waals surface area contributed by atoms with Crippen LogP contribution >= 0.6 is 0 Å². The molecule has 8 heterocycles. The summed E-state index contributed by atoms with van der Waals surface area (Å²) >= 11 is 0. The molecule has 0 saturated carbocycles. The third kappa shape index (κ3) is 19.2. The Bertz CT molecular complexity index is 2770. The SMILES string of the molecule is CC(=O)N[C@@H]1[C@@H](O)[C@H](O[C@@H]2O[C@H](CO)[C@@H](O[C@@H]3O[C@H](CO[C@H]4O[C@H](CO)[C@@H](O)[C@H](O)[C@@H]4OC4O[C@H](CO)[C@@H](O)[C@H](O)[C@H]4NC(C)=O)[C@@H](O[C@@H]4O[C@H](CO)[C@@H](O)[C@H](O)[C@H]4NC(C)=O)[C@H](O[C@H]4O[C@H](CO)[C@@H](O)[C@H](O)[C@@H]4OC4O[C@H](CO)[C@@H](O)[C@H](O)[C@H]4NC(C)=O)[C@@H]3O)[C@H](O)[C@H]2NC(C)=O)[C@@H](CO)O[C@H]1O. The van der Waals surface area contributed by atoms with Crippen LogP contribution < -0.4 is 26.6 Å². The van der Waals surface area contributed by atoms with Gasteiger partial charge in [-0.15, -0.1) is 0 Å². The summed E-state index contributed by atoms with van der Waals surface area (Å²) < 4.78 is 91.3. The first kappa shape index (κ1) is 85.5. The Kier molecular flexibility index (Phi) is 30.9. The van der Waals surface area contributed by atoms with Gasteiger partial charge in [0.05, 0.1) is 52.9 Å². The Morgan fingerprint density at radius 1 is 0.250 bits per heavy atom. The summed E-state index contributed by atoms with van der Waals surface area (Å²) in [6, 6.07) is -9.14. The lowest BCUT2D eigenvalue weighted by atomic mass is 9.93. The second-order valence-corrected chi connectivity index (χ2v) is 26.1. The van der Waals surface area contributed by atoms with Gasteiger partial charge in [-0.05, 0) is 0 Å². The van der Waals surface area contributed by atoms with Crippen molar-refractivity contribution >= 4 is 29.5 Å². The Morgan fingerprint density at radius 3 is 0.885 bits per heavy atom. The normalized spacial score (nSPS) is 47.2. The number of hydrogen-bond acceptors (Lipinski definition) is 41. The molecule has 0 bridgehead atoms. The minimum absolute atomic E-state index is 0.788. The van der Waals surface area contributed by atoms with Crippen molar-refractivity contribution in [1.29, 1.82) is 0 Å². The highest BCUT2D eigenvalue weighted by Crippen LogP contribution is 2.40. The Hall–Kier alpha value is -4.09. The van der Waals surface area contributed by atoms with Crippen LogP contribution in [0.25, 0.3) is 0 Å². The van der Waals surface area contributed by atoms with Crippen molar-refractivity contribution < 1.29 is 202 Å². The summed E-state index contributed by atoms with van der Waals surface area (Å²) in [4.78, 5) is 63.3. The lowest BCUT2D eigenvalue weighted by Crippen LogP contribution is -2.71. The van der Waals surface area contributed by atoms with E-state index in [2.05, 4.69) is 26.6 Å². The van der Waals surface area contributed by atoms with Crippen molar-refractivity contribution in [2.24, 2.45) is 0 Å². The Labute approximate surface area is 589 Å². The summed E-state index contributed by atoms with van der Waals surface area (Å²) in [5.41, 5.74) is 0. The fourth-order valence-electron chi connectivity index (χ4n) is 13.4. The first-order chi connectivity index (χ1) is 49.2. The van der Waals surface area contributed by atoms with Gasteiger partial charge in [0.2, 0.25) is 29.5 Å². The highest BCUT2D eigenvalue weighted by atomic mass is 16.8. The van der Waals surface area contributed by atoms with Crippen molar-refractivity contribution in [1.82, 2.24) is 26.6 Å². The third-order valence-corrected chi connectivity index (χ3v) is 18.7. The predicted octanol–water partition coefficient (Wildman–Crippen LogP) is -17.7. The molecule has 26 N–H and O–H groups in total. The van der Waals surface area contributed by atoms with Crippen LogP contribution in [0.5, 0.6) is 0 Å². The van der Waals surface area contributed by atoms with E-state index in [9.17, 15) is 131 Å². The third-order valence-electron chi connectivity index (χ3n) is 18.7. The number of hydrogen-bond donors (Lipinski definition) is 26. The second kappa shape index (κ2) is 37.5. The van der Waals surface area contributed by atoms with Crippen LogP contribution in [0.4, 0.5) is 0 Å². The zero-order valence-electron chi connectivity index (χ0n) is 56.3. The van der Waals surface area contributed by atoms with E-state index in [-0.39, 0.29) is 0 Å². The molecule has 46 nitrogen and oxygen atoms in total. The molecular weight excluding hydrogens is 1420 g/mol. The Balaban J connectivity index is 1.27. The molecule has 8 fully saturated rings. The van der Waals surface area contributed by atoms with Crippen molar-refractivity contribution in [3.8, 4) is 0 Å². The van der Waals surface area contributed by atoms with Crippen LogP contribution in [0.2, 0.25) is 0 Å². The molecule has 46 heteroatoms. The van der Waals surface area contributed by atoms with Gasteiger partial charge in [-0.25, -0.2) is 0 Å². The van der Waals surface area contributed by atoms with Crippen LogP contribution in [0, 0.1) is 0 Å². The molecule has 5 amide bonds. The van der Waals surface area contributed by atoms with Gasteiger partial charge >= 0.3 is 0 Å². The maximum absolute atomic E-state index is 13.1. The van der Waals surface area contributed by atoms with E-state index in [1.54, 1.807) is 0 Å². The predicted molar refractivity (Wildman–Crippen MR) is 322 cm³/mol. The largest absolute Gasteiger partial charge is 0.394 e. The summed E-state index contributed by atoms with van der Waals surface area (Å²) in [5, 5.41) is 246. The van der Waals surface area contributed by atoms with Gasteiger partial charge in [0, 0.05) is 34.6 Å². The summed E-state index contributed by atoms with van der Waals surface area (Å²) in [6.45, 7) is -4.05. The molecule has 0 radical (unpaired) electrons. The first-order valence-corrected chi connectivity index (χ1v) is 33.1. The summed E-state index contributed by atoms with van der Waals surface area (Å²) in [5.74, 6) is -4.43. The van der Waals surface area contributed by atoms with E-state index < -0.39 is 328 Å². The molecule has 8 aliphatic rings. The van der Waals surface area contributed by atoms with E-state index in [1.165, 1.54) is 0 Å². The number of nitrogens with one attached hydrogen (secondary N) is 5. The Morgan fingerprint density at radius 2 is 0.510 bits per heavy atom. The summed E-state index contributed by atoms with van der Waals surface area (Å²) in [6.07, 6.45) is -73.7. The van der Waals surface area contributed by atoms with E-state index in [1.807, 2.05) is 0 Å². The van der Waals surface area contributed by atoms with Gasteiger partial charge in [-0.2, -0.15) is 0 Å². The second-order valence-electron chi connectivity index (χ2n) is 26.1. The quantitative estimate of drug-likeness (QED) is 0.0363. The molecule has 8 aliphatic heterocycles. The van der Waals surface area contributed by atoms with Gasteiger partial charge < -0.3 is 205 Å². The van der Waals surface area contributed by atoms with Crippen molar-refractivity contribution in [2.45, 2.75) is 280 Å². The minimum Gasteiger partial charge on any atom is -0.394 e. The molecule has 104 heavy (non-hydrogen) atoms. The van der Waals surface area contributed by atoms with Gasteiger partial charge in [0.15, 0.2) is 50.3 Å². The smallest absolute Gasteiger partial charge is 0.217 e.